The average molecular weight is 360 g/mol. The number of carbonyl (C=O) groups excluding carboxylic acids is 1. The van der Waals surface area contributed by atoms with Crippen molar-refractivity contribution in [2.45, 2.75) is 52.0 Å². The van der Waals surface area contributed by atoms with Crippen molar-refractivity contribution in [3.05, 3.63) is 52.3 Å². The zero-order chi connectivity index (χ0) is 18.2. The Morgan fingerprint density at radius 2 is 2.00 bits per heavy atom. The van der Waals surface area contributed by atoms with Gasteiger partial charge in [-0.25, -0.2) is 0 Å². The molecule has 1 heterocycles. The molecule has 1 saturated carbocycles. The standard InChI is InChI=1S/C20H26ClN3O/c1-13(2)18(24-15(4)11-14(3)23-24)19(25)22-12-20(9-10-20)16-7-5-6-8-17(16)21/h5-8,11,13,18H,9-10,12H2,1-4H3,(H,22,25)/t18-/m0/s1. The van der Waals surface area contributed by atoms with Crippen LogP contribution in [0.2, 0.25) is 5.02 Å². The Bertz CT molecular complexity index is 777. The second-order valence-electron chi connectivity index (χ2n) is 7.54. The fourth-order valence-corrected chi connectivity index (χ4v) is 3.90. The molecule has 2 aromatic rings. The van der Waals surface area contributed by atoms with Gasteiger partial charge in [0.2, 0.25) is 5.91 Å². The Morgan fingerprint density at radius 1 is 1.32 bits per heavy atom. The molecule has 0 unspecified atom stereocenters. The maximum absolute atomic E-state index is 12.9. The van der Waals surface area contributed by atoms with Crippen LogP contribution in [0.5, 0.6) is 0 Å². The average Bonchev–Trinajstić information content (AvgIpc) is 3.26. The lowest BCUT2D eigenvalue weighted by atomic mass is 9.95. The van der Waals surface area contributed by atoms with Gasteiger partial charge in [-0.1, -0.05) is 43.6 Å². The fourth-order valence-electron chi connectivity index (χ4n) is 3.57. The number of amides is 1. The molecular weight excluding hydrogens is 334 g/mol. The Kier molecular flexibility index (Phi) is 4.92. The van der Waals surface area contributed by atoms with E-state index >= 15 is 0 Å². The van der Waals surface area contributed by atoms with Gasteiger partial charge in [0.05, 0.1) is 5.69 Å². The maximum Gasteiger partial charge on any atom is 0.245 e. The van der Waals surface area contributed by atoms with Crippen LogP contribution in [0.3, 0.4) is 0 Å². The third-order valence-electron chi connectivity index (χ3n) is 5.11. The minimum Gasteiger partial charge on any atom is -0.353 e. The molecule has 1 fully saturated rings. The molecule has 1 aliphatic rings. The summed E-state index contributed by atoms with van der Waals surface area (Å²) < 4.78 is 1.85. The summed E-state index contributed by atoms with van der Waals surface area (Å²) in [4.78, 5) is 12.9. The molecule has 5 heteroatoms. The van der Waals surface area contributed by atoms with Crippen LogP contribution in [-0.2, 0) is 10.2 Å². The molecular formula is C20H26ClN3O. The number of aromatic nitrogens is 2. The van der Waals surface area contributed by atoms with Crippen LogP contribution in [-0.4, -0.2) is 22.2 Å². The molecule has 0 radical (unpaired) electrons. The van der Waals surface area contributed by atoms with E-state index < -0.39 is 0 Å². The molecule has 1 aromatic carbocycles. The van der Waals surface area contributed by atoms with Gasteiger partial charge in [-0.2, -0.15) is 5.10 Å². The highest BCUT2D eigenvalue weighted by Crippen LogP contribution is 2.49. The van der Waals surface area contributed by atoms with Gasteiger partial charge >= 0.3 is 0 Å². The molecule has 0 aliphatic heterocycles. The van der Waals surface area contributed by atoms with E-state index in [0.717, 1.165) is 34.8 Å². The van der Waals surface area contributed by atoms with E-state index in [-0.39, 0.29) is 23.3 Å². The highest BCUT2D eigenvalue weighted by atomic mass is 35.5. The fraction of sp³-hybridized carbons (Fsp3) is 0.500. The van der Waals surface area contributed by atoms with Gasteiger partial charge in [0.15, 0.2) is 0 Å². The largest absolute Gasteiger partial charge is 0.353 e. The predicted molar refractivity (Wildman–Crippen MR) is 101 cm³/mol. The van der Waals surface area contributed by atoms with Gasteiger partial charge in [-0.3, -0.25) is 9.48 Å². The SMILES string of the molecule is Cc1cc(C)n([C@H](C(=O)NCC2(c3ccccc3Cl)CC2)C(C)C)n1. The summed E-state index contributed by atoms with van der Waals surface area (Å²) in [5, 5.41) is 8.47. The van der Waals surface area contributed by atoms with Gasteiger partial charge in [-0.05, 0) is 50.3 Å². The van der Waals surface area contributed by atoms with Gasteiger partial charge in [0.25, 0.3) is 0 Å². The predicted octanol–water partition coefficient (Wildman–Crippen LogP) is 4.20. The lowest BCUT2D eigenvalue weighted by Crippen LogP contribution is -2.40. The molecule has 1 aromatic heterocycles. The molecule has 0 spiro atoms. The molecule has 134 valence electrons. The topological polar surface area (TPSA) is 46.9 Å². The highest BCUT2D eigenvalue weighted by Gasteiger charge is 2.46. The number of halogens is 1. The monoisotopic (exact) mass is 359 g/mol. The number of hydrogen-bond donors (Lipinski definition) is 1. The van der Waals surface area contributed by atoms with Crippen molar-refractivity contribution in [2.75, 3.05) is 6.54 Å². The van der Waals surface area contributed by atoms with Crippen LogP contribution < -0.4 is 5.32 Å². The van der Waals surface area contributed by atoms with Crippen molar-refractivity contribution in [1.82, 2.24) is 15.1 Å². The van der Waals surface area contributed by atoms with Gasteiger partial charge < -0.3 is 5.32 Å². The van der Waals surface area contributed by atoms with Crippen LogP contribution in [0, 0.1) is 19.8 Å². The number of benzene rings is 1. The molecule has 0 saturated heterocycles. The normalized spacial score (nSPS) is 16.7. The van der Waals surface area contributed by atoms with Crippen molar-refractivity contribution in [2.24, 2.45) is 5.92 Å². The number of carbonyl (C=O) groups is 1. The van der Waals surface area contributed by atoms with E-state index in [4.69, 9.17) is 11.6 Å². The first kappa shape index (κ1) is 18.0. The number of aryl methyl sites for hydroxylation is 2. The second-order valence-corrected chi connectivity index (χ2v) is 7.95. The van der Waals surface area contributed by atoms with E-state index in [9.17, 15) is 4.79 Å². The van der Waals surface area contributed by atoms with Crippen LogP contribution in [0.1, 0.15) is 49.7 Å². The first-order chi connectivity index (χ1) is 11.8. The van der Waals surface area contributed by atoms with Gasteiger partial charge in [0, 0.05) is 22.7 Å². The molecule has 1 N–H and O–H groups in total. The Hall–Kier alpha value is -1.81. The molecule has 25 heavy (non-hydrogen) atoms. The quantitative estimate of drug-likeness (QED) is 0.840. The third kappa shape index (κ3) is 3.59. The summed E-state index contributed by atoms with van der Waals surface area (Å²) in [5.74, 6) is 0.188. The first-order valence-electron chi connectivity index (χ1n) is 8.89. The Labute approximate surface area is 154 Å². The zero-order valence-corrected chi connectivity index (χ0v) is 16.1. The first-order valence-corrected chi connectivity index (χ1v) is 9.27. The third-order valence-corrected chi connectivity index (χ3v) is 5.44. The van der Waals surface area contributed by atoms with Crippen LogP contribution in [0.4, 0.5) is 0 Å². The van der Waals surface area contributed by atoms with Crippen molar-refractivity contribution in [1.29, 1.82) is 0 Å². The lowest BCUT2D eigenvalue weighted by Gasteiger charge is -2.24. The highest BCUT2D eigenvalue weighted by molar-refractivity contribution is 6.31. The summed E-state index contributed by atoms with van der Waals surface area (Å²) in [7, 11) is 0. The molecule has 1 amide bonds. The van der Waals surface area contributed by atoms with Gasteiger partial charge in [0.1, 0.15) is 6.04 Å². The van der Waals surface area contributed by atoms with Gasteiger partial charge in [-0.15, -0.1) is 0 Å². The van der Waals surface area contributed by atoms with Crippen molar-refractivity contribution in [3.8, 4) is 0 Å². The minimum absolute atomic E-state index is 0.00931. The van der Waals surface area contributed by atoms with Crippen LogP contribution in [0.25, 0.3) is 0 Å². The zero-order valence-electron chi connectivity index (χ0n) is 15.3. The molecule has 4 nitrogen and oxygen atoms in total. The minimum atomic E-state index is -0.296. The van der Waals surface area contributed by atoms with E-state index in [1.165, 1.54) is 0 Å². The summed E-state index contributed by atoms with van der Waals surface area (Å²) in [6, 6.07) is 9.66. The van der Waals surface area contributed by atoms with E-state index in [1.807, 2.05) is 42.8 Å². The maximum atomic E-state index is 12.9. The number of nitrogens with one attached hydrogen (secondary N) is 1. The number of nitrogens with zero attached hydrogens (tertiary/aromatic N) is 2. The molecule has 1 atom stereocenters. The van der Waals surface area contributed by atoms with Crippen LogP contribution >= 0.6 is 11.6 Å². The van der Waals surface area contributed by atoms with Crippen molar-refractivity contribution >= 4 is 17.5 Å². The summed E-state index contributed by atoms with van der Waals surface area (Å²) >= 11 is 6.37. The molecule has 1 aliphatic carbocycles. The summed E-state index contributed by atoms with van der Waals surface area (Å²) in [6.07, 6.45) is 2.12. The van der Waals surface area contributed by atoms with Crippen LogP contribution in [0.15, 0.2) is 30.3 Å². The van der Waals surface area contributed by atoms with E-state index in [2.05, 4.69) is 30.3 Å². The smallest absolute Gasteiger partial charge is 0.245 e. The summed E-state index contributed by atoms with van der Waals surface area (Å²) in [6.45, 7) is 8.69. The Balaban J connectivity index is 1.75. The Morgan fingerprint density at radius 3 is 2.52 bits per heavy atom. The van der Waals surface area contributed by atoms with E-state index in [1.54, 1.807) is 0 Å². The van der Waals surface area contributed by atoms with E-state index in [0.29, 0.717) is 6.54 Å². The summed E-state index contributed by atoms with van der Waals surface area (Å²) in [5.41, 5.74) is 3.08. The lowest BCUT2D eigenvalue weighted by molar-refractivity contribution is -0.126. The molecule has 3 rings (SSSR count). The number of hydrogen-bond acceptors (Lipinski definition) is 2. The number of rotatable bonds is 6. The van der Waals surface area contributed by atoms with Crippen molar-refractivity contribution in [3.63, 3.8) is 0 Å². The molecule has 0 bridgehead atoms. The second kappa shape index (κ2) is 6.83. The van der Waals surface area contributed by atoms with Crippen molar-refractivity contribution < 1.29 is 4.79 Å².